The number of nitrogens with zero attached hydrogens (tertiary/aromatic N) is 1. The molecule has 140 valence electrons. The second kappa shape index (κ2) is 6.98. The zero-order chi connectivity index (χ0) is 18.9. The Bertz CT molecular complexity index is 469. The number of aliphatic hydroxyl groups excluding tert-OH is 2. The number of carbonyl (C=O) groups is 2. The number of rotatable bonds is 5. The van der Waals surface area contributed by atoms with Gasteiger partial charge in [0.15, 0.2) is 0 Å². The molecule has 1 atom stereocenters. The molecule has 0 spiro atoms. The second-order valence-corrected chi connectivity index (χ2v) is 8.67. The lowest BCUT2D eigenvalue weighted by Crippen LogP contribution is -2.65. The van der Waals surface area contributed by atoms with Gasteiger partial charge in [-0.2, -0.15) is 0 Å². The van der Waals surface area contributed by atoms with Gasteiger partial charge in [-0.3, -0.25) is 9.59 Å². The van der Waals surface area contributed by atoms with E-state index in [1.165, 1.54) is 6.92 Å². The van der Waals surface area contributed by atoms with E-state index in [4.69, 9.17) is 4.84 Å². The highest BCUT2D eigenvalue weighted by Gasteiger charge is 2.48. The van der Waals surface area contributed by atoms with Crippen molar-refractivity contribution < 1.29 is 24.6 Å². The highest BCUT2D eigenvalue weighted by Crippen LogP contribution is 2.38. The lowest BCUT2D eigenvalue weighted by atomic mass is 9.78. The van der Waals surface area contributed by atoms with E-state index >= 15 is 0 Å². The fraction of sp³-hybridized carbons (Fsp3) is 0.882. The van der Waals surface area contributed by atoms with Crippen molar-refractivity contribution in [2.24, 2.45) is 5.41 Å². The molecule has 1 amide bonds. The molecule has 7 nitrogen and oxygen atoms in total. The highest BCUT2D eigenvalue weighted by molar-refractivity contribution is 5.81. The third-order valence-corrected chi connectivity index (χ3v) is 4.55. The maximum atomic E-state index is 12.3. The Morgan fingerprint density at radius 2 is 1.71 bits per heavy atom. The Morgan fingerprint density at radius 3 is 2.08 bits per heavy atom. The number of nitrogens with one attached hydrogen (secondary N) is 1. The van der Waals surface area contributed by atoms with Crippen molar-refractivity contribution in [3.05, 3.63) is 0 Å². The molecular weight excluding hydrogens is 312 g/mol. The monoisotopic (exact) mass is 344 g/mol. The van der Waals surface area contributed by atoms with Crippen LogP contribution in [0.25, 0.3) is 0 Å². The zero-order valence-corrected chi connectivity index (χ0v) is 15.8. The predicted octanol–water partition coefficient (Wildman–Crippen LogP) is 0.982. The molecule has 1 fully saturated rings. The number of amides is 1. The molecule has 1 saturated heterocycles. The minimum atomic E-state index is -1.29. The smallest absolute Gasteiger partial charge is 0.322 e. The van der Waals surface area contributed by atoms with Gasteiger partial charge < -0.3 is 20.4 Å². The van der Waals surface area contributed by atoms with Gasteiger partial charge in [-0.15, -0.1) is 5.06 Å². The summed E-state index contributed by atoms with van der Waals surface area (Å²) in [5.41, 5.74) is -1.85. The first-order valence-electron chi connectivity index (χ1n) is 8.31. The molecule has 7 heteroatoms. The highest BCUT2D eigenvalue weighted by atomic mass is 16.7. The van der Waals surface area contributed by atoms with Crippen LogP contribution in [-0.4, -0.2) is 57.0 Å². The van der Waals surface area contributed by atoms with Crippen LogP contribution in [0.2, 0.25) is 0 Å². The fourth-order valence-electron chi connectivity index (χ4n) is 3.46. The van der Waals surface area contributed by atoms with E-state index < -0.39 is 28.5 Å². The summed E-state index contributed by atoms with van der Waals surface area (Å²) < 4.78 is 0. The first-order valence-corrected chi connectivity index (χ1v) is 8.31. The summed E-state index contributed by atoms with van der Waals surface area (Å²) in [5.74, 6) is -0.870. The van der Waals surface area contributed by atoms with Gasteiger partial charge in [0.1, 0.15) is 6.10 Å². The molecule has 1 rings (SSSR count). The van der Waals surface area contributed by atoms with Gasteiger partial charge in [0.05, 0.1) is 17.7 Å². The Kier molecular flexibility index (Phi) is 6.07. The molecule has 1 heterocycles. The van der Waals surface area contributed by atoms with E-state index in [1.54, 1.807) is 18.9 Å². The fourth-order valence-corrected chi connectivity index (χ4v) is 3.46. The van der Waals surface area contributed by atoms with Gasteiger partial charge in [-0.25, -0.2) is 0 Å². The SMILES string of the molecule is CC(=O)ON1C(C)(C)CC(NC(=O)C(O)C(C)(C)CO)CC1(C)C. The molecule has 1 unspecified atom stereocenters. The topological polar surface area (TPSA) is 99.1 Å². The lowest BCUT2D eigenvalue weighted by molar-refractivity contribution is -0.266. The maximum Gasteiger partial charge on any atom is 0.322 e. The third-order valence-electron chi connectivity index (χ3n) is 4.55. The van der Waals surface area contributed by atoms with Crippen LogP contribution >= 0.6 is 0 Å². The lowest BCUT2D eigenvalue weighted by Gasteiger charge is -2.52. The van der Waals surface area contributed by atoms with Gasteiger partial charge in [0, 0.05) is 18.4 Å². The van der Waals surface area contributed by atoms with Crippen LogP contribution in [0.4, 0.5) is 0 Å². The van der Waals surface area contributed by atoms with Crippen molar-refractivity contribution >= 4 is 11.9 Å². The quantitative estimate of drug-likeness (QED) is 0.688. The maximum absolute atomic E-state index is 12.3. The van der Waals surface area contributed by atoms with Crippen LogP contribution in [0.15, 0.2) is 0 Å². The molecule has 0 aliphatic carbocycles. The summed E-state index contributed by atoms with van der Waals surface area (Å²) in [4.78, 5) is 29.1. The van der Waals surface area contributed by atoms with Crippen LogP contribution in [0, 0.1) is 5.41 Å². The van der Waals surface area contributed by atoms with Crippen molar-refractivity contribution in [3.63, 3.8) is 0 Å². The zero-order valence-electron chi connectivity index (χ0n) is 15.8. The minimum Gasteiger partial charge on any atom is -0.396 e. The van der Waals surface area contributed by atoms with Gasteiger partial charge >= 0.3 is 5.97 Å². The Labute approximate surface area is 144 Å². The Hall–Kier alpha value is -1.18. The summed E-state index contributed by atoms with van der Waals surface area (Å²) >= 11 is 0. The van der Waals surface area contributed by atoms with Gasteiger partial charge in [-0.05, 0) is 40.5 Å². The minimum absolute atomic E-state index is 0.168. The molecule has 0 saturated carbocycles. The number of hydroxylamine groups is 2. The normalized spacial score (nSPS) is 22.7. The van der Waals surface area contributed by atoms with Crippen molar-refractivity contribution in [2.45, 2.75) is 84.5 Å². The molecule has 1 aliphatic heterocycles. The van der Waals surface area contributed by atoms with Crippen LogP contribution in [-0.2, 0) is 14.4 Å². The number of hydrogen-bond donors (Lipinski definition) is 3. The van der Waals surface area contributed by atoms with Crippen molar-refractivity contribution in [1.29, 1.82) is 0 Å². The number of hydrogen-bond acceptors (Lipinski definition) is 6. The molecule has 0 aromatic rings. The van der Waals surface area contributed by atoms with Crippen molar-refractivity contribution in [1.82, 2.24) is 10.4 Å². The summed E-state index contributed by atoms with van der Waals surface area (Å²) in [5, 5.41) is 24.0. The molecule has 0 radical (unpaired) electrons. The van der Waals surface area contributed by atoms with Crippen LogP contribution in [0.3, 0.4) is 0 Å². The van der Waals surface area contributed by atoms with E-state index in [1.807, 2.05) is 27.7 Å². The summed E-state index contributed by atoms with van der Waals surface area (Å²) in [6.07, 6.45) is -0.149. The van der Waals surface area contributed by atoms with E-state index in [0.29, 0.717) is 12.8 Å². The van der Waals surface area contributed by atoms with E-state index in [2.05, 4.69) is 5.32 Å². The van der Waals surface area contributed by atoms with Gasteiger partial charge in [0.2, 0.25) is 5.91 Å². The molecular formula is C17H32N2O5. The molecule has 1 aliphatic rings. The summed E-state index contributed by atoms with van der Waals surface area (Å²) in [6, 6.07) is -0.168. The van der Waals surface area contributed by atoms with Gasteiger partial charge in [-0.1, -0.05) is 13.8 Å². The molecule has 3 N–H and O–H groups in total. The Morgan fingerprint density at radius 1 is 1.25 bits per heavy atom. The average molecular weight is 344 g/mol. The standard InChI is InChI=1S/C17H32N2O5/c1-11(21)24-19-16(4,5)8-12(9-17(19,6)7)18-14(23)13(22)15(2,3)10-20/h12-13,20,22H,8-10H2,1-7H3,(H,18,23). The number of aliphatic hydroxyl groups is 2. The molecule has 24 heavy (non-hydrogen) atoms. The average Bonchev–Trinajstić information content (AvgIpc) is 2.41. The van der Waals surface area contributed by atoms with E-state index in [0.717, 1.165) is 0 Å². The second-order valence-electron chi connectivity index (χ2n) is 8.67. The largest absolute Gasteiger partial charge is 0.396 e. The summed E-state index contributed by atoms with van der Waals surface area (Å²) in [7, 11) is 0. The van der Waals surface area contributed by atoms with Gasteiger partial charge in [0.25, 0.3) is 0 Å². The molecule has 0 bridgehead atoms. The van der Waals surface area contributed by atoms with Crippen LogP contribution < -0.4 is 5.32 Å². The first-order chi connectivity index (χ1) is 10.7. The Balaban J connectivity index is 2.87. The number of carbonyl (C=O) groups excluding carboxylic acids is 2. The predicted molar refractivity (Wildman–Crippen MR) is 89.8 cm³/mol. The van der Waals surface area contributed by atoms with Crippen molar-refractivity contribution in [3.8, 4) is 0 Å². The van der Waals surface area contributed by atoms with Crippen LogP contribution in [0.5, 0.6) is 0 Å². The molecule has 0 aromatic carbocycles. The van der Waals surface area contributed by atoms with Crippen molar-refractivity contribution in [2.75, 3.05) is 6.61 Å². The van der Waals surface area contributed by atoms with Crippen LogP contribution in [0.1, 0.15) is 61.3 Å². The summed E-state index contributed by atoms with van der Waals surface area (Å²) in [6.45, 7) is 12.1. The molecule has 0 aromatic heterocycles. The van der Waals surface area contributed by atoms with E-state index in [9.17, 15) is 19.8 Å². The van der Waals surface area contributed by atoms with E-state index in [-0.39, 0.29) is 18.6 Å². The number of piperidine rings is 1. The first kappa shape index (κ1) is 20.9. The third kappa shape index (κ3) is 4.68.